The summed E-state index contributed by atoms with van der Waals surface area (Å²) in [6.45, 7) is 4.10. The molecule has 0 aliphatic carbocycles. The summed E-state index contributed by atoms with van der Waals surface area (Å²) in [6.07, 6.45) is 2.43. The van der Waals surface area contributed by atoms with E-state index >= 15 is 0 Å². The fraction of sp³-hybridized carbons (Fsp3) is 0.500. The van der Waals surface area contributed by atoms with Gasteiger partial charge in [-0.05, 0) is 26.1 Å². The number of phenolic OH excluding ortho intramolecular Hbond substituents is 1. The third-order valence-corrected chi connectivity index (χ3v) is 2.33. The summed E-state index contributed by atoms with van der Waals surface area (Å²) in [5.74, 6) is 0.399. The first-order valence-corrected chi connectivity index (χ1v) is 5.19. The van der Waals surface area contributed by atoms with Gasteiger partial charge in [0.05, 0.1) is 0 Å². The van der Waals surface area contributed by atoms with Crippen LogP contribution in [0.2, 0.25) is 0 Å². The molecule has 1 N–H and O–H groups in total. The molecule has 0 spiro atoms. The molecule has 14 heavy (non-hydrogen) atoms. The highest BCUT2D eigenvalue weighted by Gasteiger charge is 2.02. The lowest BCUT2D eigenvalue weighted by molar-refractivity contribution is 0.314. The minimum absolute atomic E-state index is 0.399. The number of hydrogen-bond acceptors (Lipinski definition) is 2. The van der Waals surface area contributed by atoms with Gasteiger partial charge in [0.1, 0.15) is 5.75 Å². The lowest BCUT2D eigenvalue weighted by Crippen LogP contribution is -2.18. The van der Waals surface area contributed by atoms with Crippen LogP contribution in [0.4, 0.5) is 0 Å². The van der Waals surface area contributed by atoms with E-state index in [1.807, 2.05) is 18.2 Å². The van der Waals surface area contributed by atoms with E-state index in [2.05, 4.69) is 18.9 Å². The van der Waals surface area contributed by atoms with Gasteiger partial charge in [-0.25, -0.2) is 0 Å². The zero-order valence-electron chi connectivity index (χ0n) is 9.03. The molecule has 0 fully saturated rings. The van der Waals surface area contributed by atoms with Gasteiger partial charge in [0.2, 0.25) is 0 Å². The average Bonchev–Trinajstić information content (AvgIpc) is 2.18. The van der Waals surface area contributed by atoms with Crippen LogP contribution in [0, 0.1) is 0 Å². The van der Waals surface area contributed by atoms with Crippen LogP contribution in [0.3, 0.4) is 0 Å². The molecule has 0 saturated carbocycles. The summed E-state index contributed by atoms with van der Waals surface area (Å²) in [7, 11) is 2.09. The van der Waals surface area contributed by atoms with Crippen LogP contribution in [0.15, 0.2) is 24.3 Å². The molecule has 0 aliphatic rings. The quantitative estimate of drug-likeness (QED) is 0.777. The van der Waals surface area contributed by atoms with Crippen LogP contribution in [-0.4, -0.2) is 23.6 Å². The van der Waals surface area contributed by atoms with Gasteiger partial charge < -0.3 is 10.0 Å². The van der Waals surface area contributed by atoms with Crippen LogP contribution in [0.1, 0.15) is 25.3 Å². The summed E-state index contributed by atoms with van der Waals surface area (Å²) in [5.41, 5.74) is 1.01. The summed E-state index contributed by atoms with van der Waals surface area (Å²) >= 11 is 0. The molecular formula is C12H19NO. The van der Waals surface area contributed by atoms with E-state index in [-0.39, 0.29) is 0 Å². The van der Waals surface area contributed by atoms with Gasteiger partial charge in [-0.15, -0.1) is 0 Å². The van der Waals surface area contributed by atoms with Crippen molar-refractivity contribution in [3.63, 3.8) is 0 Å². The number of para-hydroxylation sites is 1. The van der Waals surface area contributed by atoms with Crippen LogP contribution in [0.5, 0.6) is 5.75 Å². The lowest BCUT2D eigenvalue weighted by atomic mass is 10.2. The molecule has 2 heteroatoms. The molecule has 0 radical (unpaired) electrons. The van der Waals surface area contributed by atoms with Gasteiger partial charge in [-0.3, -0.25) is 0 Å². The standard InChI is InChI=1S/C12H19NO/c1-3-4-9-13(2)10-11-7-5-6-8-12(11)14/h5-8,14H,3-4,9-10H2,1-2H3. The Kier molecular flexibility index (Phi) is 4.47. The van der Waals surface area contributed by atoms with E-state index in [0.717, 1.165) is 18.7 Å². The Morgan fingerprint density at radius 2 is 2.00 bits per heavy atom. The molecule has 0 aromatic heterocycles. The van der Waals surface area contributed by atoms with Crippen LogP contribution >= 0.6 is 0 Å². The Morgan fingerprint density at radius 3 is 2.64 bits per heavy atom. The highest BCUT2D eigenvalue weighted by molar-refractivity contribution is 5.31. The second-order valence-electron chi connectivity index (χ2n) is 3.72. The van der Waals surface area contributed by atoms with Crippen molar-refractivity contribution >= 4 is 0 Å². The number of phenols is 1. The van der Waals surface area contributed by atoms with E-state index in [9.17, 15) is 5.11 Å². The molecule has 1 rings (SSSR count). The number of nitrogens with zero attached hydrogens (tertiary/aromatic N) is 1. The van der Waals surface area contributed by atoms with Gasteiger partial charge in [-0.2, -0.15) is 0 Å². The SMILES string of the molecule is CCCCN(C)Cc1ccccc1O. The predicted octanol–water partition coefficient (Wildman–Crippen LogP) is 2.62. The normalized spacial score (nSPS) is 10.8. The Hall–Kier alpha value is -1.02. The molecule has 0 bridgehead atoms. The van der Waals surface area contributed by atoms with Gasteiger partial charge in [0.15, 0.2) is 0 Å². The molecule has 0 amide bonds. The van der Waals surface area contributed by atoms with E-state index in [1.165, 1.54) is 12.8 Å². The highest BCUT2D eigenvalue weighted by atomic mass is 16.3. The van der Waals surface area contributed by atoms with E-state index in [0.29, 0.717) is 5.75 Å². The van der Waals surface area contributed by atoms with Gasteiger partial charge in [0, 0.05) is 12.1 Å². The van der Waals surface area contributed by atoms with Gasteiger partial charge >= 0.3 is 0 Å². The Bertz CT molecular complexity index is 273. The molecule has 0 saturated heterocycles. The molecule has 78 valence electrons. The Morgan fingerprint density at radius 1 is 1.29 bits per heavy atom. The predicted molar refractivity (Wildman–Crippen MR) is 59.3 cm³/mol. The second-order valence-corrected chi connectivity index (χ2v) is 3.72. The van der Waals surface area contributed by atoms with Crippen molar-refractivity contribution in [1.29, 1.82) is 0 Å². The maximum absolute atomic E-state index is 9.56. The Labute approximate surface area is 86.2 Å². The largest absolute Gasteiger partial charge is 0.508 e. The minimum Gasteiger partial charge on any atom is -0.508 e. The first kappa shape index (κ1) is 11.1. The van der Waals surface area contributed by atoms with Crippen molar-refractivity contribution in [2.75, 3.05) is 13.6 Å². The number of hydrogen-bond donors (Lipinski definition) is 1. The van der Waals surface area contributed by atoms with Gasteiger partial charge in [-0.1, -0.05) is 31.5 Å². The molecule has 0 unspecified atom stereocenters. The zero-order chi connectivity index (χ0) is 10.4. The number of aromatic hydroxyl groups is 1. The van der Waals surface area contributed by atoms with Crippen LogP contribution < -0.4 is 0 Å². The van der Waals surface area contributed by atoms with Gasteiger partial charge in [0.25, 0.3) is 0 Å². The molecule has 1 aromatic rings. The summed E-state index contributed by atoms with van der Waals surface area (Å²) in [4.78, 5) is 2.23. The van der Waals surface area contributed by atoms with Crippen LogP contribution in [0.25, 0.3) is 0 Å². The fourth-order valence-corrected chi connectivity index (χ4v) is 1.44. The zero-order valence-corrected chi connectivity index (χ0v) is 9.03. The van der Waals surface area contributed by atoms with E-state index in [1.54, 1.807) is 6.07 Å². The third kappa shape index (κ3) is 3.38. The first-order valence-electron chi connectivity index (χ1n) is 5.19. The van der Waals surface area contributed by atoms with E-state index < -0.39 is 0 Å². The molecule has 0 heterocycles. The maximum Gasteiger partial charge on any atom is 0.120 e. The Balaban J connectivity index is 2.47. The summed E-state index contributed by atoms with van der Waals surface area (Å²) in [6, 6.07) is 7.52. The molecule has 2 nitrogen and oxygen atoms in total. The summed E-state index contributed by atoms with van der Waals surface area (Å²) in [5, 5.41) is 9.56. The molecule has 1 aromatic carbocycles. The molecule has 0 aliphatic heterocycles. The topological polar surface area (TPSA) is 23.5 Å². The smallest absolute Gasteiger partial charge is 0.120 e. The third-order valence-electron chi connectivity index (χ3n) is 2.33. The molecular weight excluding hydrogens is 174 g/mol. The van der Waals surface area contributed by atoms with Crippen molar-refractivity contribution in [2.24, 2.45) is 0 Å². The van der Waals surface area contributed by atoms with Crippen molar-refractivity contribution in [3.8, 4) is 5.75 Å². The first-order chi connectivity index (χ1) is 6.74. The lowest BCUT2D eigenvalue weighted by Gasteiger charge is -2.16. The monoisotopic (exact) mass is 193 g/mol. The van der Waals surface area contributed by atoms with Crippen molar-refractivity contribution in [3.05, 3.63) is 29.8 Å². The number of unbranched alkanes of at least 4 members (excludes halogenated alkanes) is 1. The van der Waals surface area contributed by atoms with Crippen molar-refractivity contribution < 1.29 is 5.11 Å². The van der Waals surface area contributed by atoms with Crippen LogP contribution in [-0.2, 0) is 6.54 Å². The summed E-state index contributed by atoms with van der Waals surface area (Å²) < 4.78 is 0. The average molecular weight is 193 g/mol. The fourth-order valence-electron chi connectivity index (χ4n) is 1.44. The molecule has 0 atom stereocenters. The number of rotatable bonds is 5. The van der Waals surface area contributed by atoms with Crippen molar-refractivity contribution in [2.45, 2.75) is 26.3 Å². The highest BCUT2D eigenvalue weighted by Crippen LogP contribution is 2.17. The number of benzene rings is 1. The minimum atomic E-state index is 0.399. The second kappa shape index (κ2) is 5.66. The maximum atomic E-state index is 9.56. The van der Waals surface area contributed by atoms with E-state index in [4.69, 9.17) is 0 Å². The van der Waals surface area contributed by atoms with Crippen molar-refractivity contribution in [1.82, 2.24) is 4.90 Å².